The van der Waals surface area contributed by atoms with Crippen LogP contribution in [0.15, 0.2) is 76.5 Å². The molecule has 0 aliphatic carbocycles. The van der Waals surface area contributed by atoms with Gasteiger partial charge < -0.3 is 5.11 Å². The molecule has 0 saturated carbocycles. The molecule has 1 N–H and O–H groups in total. The average Bonchev–Trinajstić information content (AvgIpc) is 2.63. The van der Waals surface area contributed by atoms with E-state index in [1.165, 1.54) is 31.7 Å². The zero-order valence-electron chi connectivity index (χ0n) is 14.4. The van der Waals surface area contributed by atoms with Gasteiger partial charge in [-0.2, -0.15) is 0 Å². The summed E-state index contributed by atoms with van der Waals surface area (Å²) < 4.78 is 0. The van der Waals surface area contributed by atoms with Crippen molar-refractivity contribution in [3.05, 3.63) is 83.4 Å². The minimum atomic E-state index is 0.0511. The number of aliphatic hydroxyl groups excluding tert-OH is 1. The van der Waals surface area contributed by atoms with Crippen molar-refractivity contribution in [3.8, 4) is 0 Å². The molecule has 0 spiro atoms. The molecule has 0 fully saturated rings. The van der Waals surface area contributed by atoms with Crippen LogP contribution in [0.1, 0.15) is 16.7 Å². The van der Waals surface area contributed by atoms with Crippen LogP contribution in [0.3, 0.4) is 0 Å². The number of aryl methyl sites for hydroxylation is 2. The van der Waals surface area contributed by atoms with Crippen molar-refractivity contribution in [3.63, 3.8) is 0 Å². The fourth-order valence-electron chi connectivity index (χ4n) is 3.48. The van der Waals surface area contributed by atoms with Crippen molar-refractivity contribution in [2.75, 3.05) is 0 Å². The van der Waals surface area contributed by atoms with E-state index in [1.807, 2.05) is 23.9 Å². The van der Waals surface area contributed by atoms with Gasteiger partial charge in [-0.25, -0.2) is 0 Å². The predicted octanol–water partition coefficient (Wildman–Crippen LogP) is 6.25. The minimum absolute atomic E-state index is 0.0511. The average molecular weight is 344 g/mol. The van der Waals surface area contributed by atoms with Crippen LogP contribution < -0.4 is 0 Å². The van der Waals surface area contributed by atoms with Crippen molar-refractivity contribution in [1.82, 2.24) is 0 Å². The van der Waals surface area contributed by atoms with Gasteiger partial charge in [-0.15, -0.1) is 0 Å². The Morgan fingerprint density at radius 2 is 1.32 bits per heavy atom. The van der Waals surface area contributed by atoms with E-state index in [0.717, 1.165) is 16.3 Å². The van der Waals surface area contributed by atoms with E-state index in [9.17, 15) is 5.11 Å². The first-order chi connectivity index (χ1) is 12.2. The third-order valence-corrected chi connectivity index (χ3v) is 6.02. The second kappa shape index (κ2) is 6.55. The highest BCUT2D eigenvalue weighted by atomic mass is 32.2. The molecule has 0 radical (unpaired) electrons. The van der Waals surface area contributed by atoms with Crippen molar-refractivity contribution in [2.24, 2.45) is 0 Å². The zero-order valence-corrected chi connectivity index (χ0v) is 15.2. The first kappa shape index (κ1) is 16.2. The summed E-state index contributed by atoms with van der Waals surface area (Å²) in [6, 6.07) is 23.4. The Morgan fingerprint density at radius 3 is 1.84 bits per heavy atom. The van der Waals surface area contributed by atoms with Crippen molar-refractivity contribution in [2.45, 2.75) is 30.2 Å². The van der Waals surface area contributed by atoms with Crippen LogP contribution >= 0.6 is 11.8 Å². The Morgan fingerprint density at radius 1 is 0.760 bits per heavy atom. The molecule has 0 amide bonds. The van der Waals surface area contributed by atoms with Gasteiger partial charge >= 0.3 is 0 Å². The van der Waals surface area contributed by atoms with E-state index >= 15 is 0 Å². The molecule has 0 aliphatic rings. The minimum Gasteiger partial charge on any atom is -0.392 e. The molecule has 0 aromatic heterocycles. The molecule has 0 aliphatic heterocycles. The summed E-state index contributed by atoms with van der Waals surface area (Å²) in [7, 11) is 0. The lowest BCUT2D eigenvalue weighted by Gasteiger charge is -2.16. The lowest BCUT2D eigenvalue weighted by atomic mass is 9.97. The maximum absolute atomic E-state index is 9.98. The van der Waals surface area contributed by atoms with Gasteiger partial charge in [0.05, 0.1) is 6.61 Å². The quantitative estimate of drug-likeness (QED) is 0.443. The van der Waals surface area contributed by atoms with E-state index in [4.69, 9.17) is 0 Å². The van der Waals surface area contributed by atoms with Gasteiger partial charge in [0.15, 0.2) is 0 Å². The first-order valence-electron chi connectivity index (χ1n) is 8.47. The normalized spacial score (nSPS) is 11.3. The highest BCUT2D eigenvalue weighted by Gasteiger charge is 2.14. The standard InChI is InChI=1S/C23H20OS/c1-15-11-12-22(16(2)13-15)25-23-19-9-5-3-7-17(19)21(14-24)18-8-4-6-10-20(18)23/h3-13,24H,14H2,1-2H3. The molecule has 0 atom stereocenters. The molecule has 0 saturated heterocycles. The van der Waals surface area contributed by atoms with Crippen LogP contribution in [0.25, 0.3) is 21.5 Å². The topological polar surface area (TPSA) is 20.2 Å². The van der Waals surface area contributed by atoms with Gasteiger partial charge in [-0.1, -0.05) is 78.0 Å². The molecule has 0 unspecified atom stereocenters. The smallest absolute Gasteiger partial charge is 0.0693 e. The van der Waals surface area contributed by atoms with Crippen LogP contribution in [0.2, 0.25) is 0 Å². The number of hydrogen-bond acceptors (Lipinski definition) is 2. The first-order valence-corrected chi connectivity index (χ1v) is 9.29. The van der Waals surface area contributed by atoms with Gasteiger partial charge in [0.1, 0.15) is 0 Å². The van der Waals surface area contributed by atoms with Gasteiger partial charge in [0, 0.05) is 9.79 Å². The molecular formula is C23H20OS. The number of rotatable bonds is 3. The largest absolute Gasteiger partial charge is 0.392 e. The second-order valence-corrected chi connectivity index (χ2v) is 7.48. The fraction of sp³-hybridized carbons (Fsp3) is 0.130. The number of aliphatic hydroxyl groups is 1. The molecule has 25 heavy (non-hydrogen) atoms. The molecule has 2 heteroatoms. The van der Waals surface area contributed by atoms with Crippen LogP contribution in [-0.4, -0.2) is 5.11 Å². The van der Waals surface area contributed by atoms with Gasteiger partial charge in [-0.3, -0.25) is 0 Å². The highest BCUT2D eigenvalue weighted by molar-refractivity contribution is 7.99. The SMILES string of the molecule is Cc1ccc(Sc2c3ccccc3c(CO)c3ccccc23)c(C)c1. The van der Waals surface area contributed by atoms with Crippen molar-refractivity contribution < 1.29 is 5.11 Å². The zero-order chi connectivity index (χ0) is 17.4. The number of benzene rings is 4. The van der Waals surface area contributed by atoms with Crippen LogP contribution in [0.5, 0.6) is 0 Å². The van der Waals surface area contributed by atoms with Crippen molar-refractivity contribution in [1.29, 1.82) is 0 Å². The summed E-state index contributed by atoms with van der Waals surface area (Å²) in [5.74, 6) is 0. The highest BCUT2D eigenvalue weighted by Crippen LogP contribution is 2.42. The van der Waals surface area contributed by atoms with Gasteiger partial charge in [-0.05, 0) is 52.6 Å². The molecular weight excluding hydrogens is 324 g/mol. The summed E-state index contributed by atoms with van der Waals surface area (Å²) in [6.45, 7) is 4.35. The lowest BCUT2D eigenvalue weighted by molar-refractivity contribution is 0.285. The fourth-order valence-corrected chi connectivity index (χ4v) is 4.63. The summed E-state index contributed by atoms with van der Waals surface area (Å²) >= 11 is 1.82. The second-order valence-electron chi connectivity index (χ2n) is 6.43. The maximum atomic E-state index is 9.98. The van der Waals surface area contributed by atoms with E-state index in [0.29, 0.717) is 0 Å². The molecule has 4 rings (SSSR count). The van der Waals surface area contributed by atoms with Gasteiger partial charge in [0.2, 0.25) is 0 Å². The Labute approximate surface area is 152 Å². The molecule has 4 aromatic carbocycles. The summed E-state index contributed by atoms with van der Waals surface area (Å²) in [6.07, 6.45) is 0. The van der Waals surface area contributed by atoms with E-state index in [-0.39, 0.29) is 6.61 Å². The van der Waals surface area contributed by atoms with Crippen LogP contribution in [0, 0.1) is 13.8 Å². The monoisotopic (exact) mass is 344 g/mol. The van der Waals surface area contributed by atoms with E-state index in [1.54, 1.807) is 0 Å². The lowest BCUT2D eigenvalue weighted by Crippen LogP contribution is -1.92. The maximum Gasteiger partial charge on any atom is 0.0693 e. The molecule has 0 bridgehead atoms. The third-order valence-electron chi connectivity index (χ3n) is 4.69. The summed E-state index contributed by atoms with van der Waals surface area (Å²) in [4.78, 5) is 2.54. The molecule has 0 heterocycles. The van der Waals surface area contributed by atoms with Crippen LogP contribution in [0.4, 0.5) is 0 Å². The van der Waals surface area contributed by atoms with E-state index < -0.39 is 0 Å². The Bertz CT molecular complexity index is 1030. The third kappa shape index (κ3) is 2.82. The van der Waals surface area contributed by atoms with Crippen molar-refractivity contribution >= 4 is 33.3 Å². The Balaban J connectivity index is 2.04. The van der Waals surface area contributed by atoms with Crippen LogP contribution in [-0.2, 0) is 6.61 Å². The van der Waals surface area contributed by atoms with E-state index in [2.05, 4.69) is 68.4 Å². The number of hydrogen-bond donors (Lipinski definition) is 1. The Hall–Kier alpha value is -2.29. The molecule has 124 valence electrons. The predicted molar refractivity (Wildman–Crippen MR) is 107 cm³/mol. The number of fused-ring (bicyclic) bond motifs is 2. The molecule has 4 aromatic rings. The molecule has 1 nitrogen and oxygen atoms in total. The Kier molecular flexibility index (Phi) is 4.24. The summed E-state index contributed by atoms with van der Waals surface area (Å²) in [5.41, 5.74) is 3.59. The van der Waals surface area contributed by atoms with Gasteiger partial charge in [0.25, 0.3) is 0 Å². The summed E-state index contributed by atoms with van der Waals surface area (Å²) in [5, 5.41) is 14.7.